The van der Waals surface area contributed by atoms with Crippen LogP contribution >= 0.6 is 8.53 Å². The lowest BCUT2D eigenvalue weighted by molar-refractivity contribution is -0.0919. The Hall–Kier alpha value is -5.47. The van der Waals surface area contributed by atoms with Crippen LogP contribution in [0, 0.1) is 11.3 Å². The molecule has 1 fully saturated rings. The first-order valence-electron chi connectivity index (χ1n) is 19.8. The van der Waals surface area contributed by atoms with Gasteiger partial charge in [0, 0.05) is 26.2 Å². The molecule has 1 saturated heterocycles. The van der Waals surface area contributed by atoms with Crippen LogP contribution in [0.2, 0.25) is 0 Å². The van der Waals surface area contributed by atoms with Crippen LogP contribution in [0.5, 0.6) is 11.5 Å². The molecule has 16 nitrogen and oxygen atoms in total. The molecule has 0 saturated carbocycles. The molecule has 324 valence electrons. The third kappa shape index (κ3) is 9.70. The van der Waals surface area contributed by atoms with Gasteiger partial charge in [0.25, 0.3) is 14.1 Å². The first-order valence-corrected chi connectivity index (χ1v) is 21.0. The number of guanidine groups is 1. The van der Waals surface area contributed by atoms with Crippen molar-refractivity contribution in [3.8, 4) is 17.6 Å². The van der Waals surface area contributed by atoms with Gasteiger partial charge >= 0.3 is 0 Å². The van der Waals surface area contributed by atoms with Gasteiger partial charge in [-0.15, -0.1) is 0 Å². The first-order chi connectivity index (χ1) is 29.3. The summed E-state index contributed by atoms with van der Waals surface area (Å²) in [5.74, 6) is 1.29. The van der Waals surface area contributed by atoms with E-state index >= 15 is 4.39 Å². The van der Waals surface area contributed by atoms with Gasteiger partial charge in [-0.25, -0.2) is 14.0 Å². The maximum atomic E-state index is 17.6. The Balaban J connectivity index is 1.49. The number of methoxy groups -OCH3 is 2. The highest BCUT2D eigenvalue weighted by atomic mass is 31.2. The number of halogens is 1. The zero-order valence-corrected chi connectivity index (χ0v) is 36.5. The summed E-state index contributed by atoms with van der Waals surface area (Å²) in [7, 11) is 4.63. The van der Waals surface area contributed by atoms with Crippen molar-refractivity contribution in [1.82, 2.24) is 29.1 Å². The summed E-state index contributed by atoms with van der Waals surface area (Å²) < 4.78 is 58.9. The predicted molar refractivity (Wildman–Crippen MR) is 230 cm³/mol. The van der Waals surface area contributed by atoms with Crippen LogP contribution in [0.15, 0.2) is 95.0 Å². The van der Waals surface area contributed by atoms with Crippen molar-refractivity contribution in [3.05, 3.63) is 112 Å². The van der Waals surface area contributed by atoms with E-state index in [2.05, 4.69) is 26.0 Å². The quantitative estimate of drug-likeness (QED) is 0.0318. The number of nitrogens with one attached hydrogen (secondary N) is 1. The topological polar surface area (TPSA) is 188 Å². The Morgan fingerprint density at radius 1 is 1.00 bits per heavy atom. The van der Waals surface area contributed by atoms with Gasteiger partial charge in [-0.2, -0.15) is 15.2 Å². The standard InChI is InChI=1S/C43H53FN9O7P/c1-27(2)53(28(3)4)61(58-24-12-23-45)60-37-34(59-40(35(37)44)52-26-47-36-38(52)48-42(49-39(36)54)50-41(46)51(5)6)25-57-43(29-13-10-9-11-14-29,30-15-19-32(55-7)20-16-30)31-17-21-33(56-8)22-18-31/h9-11,13-22,26-28,34-35,37,40H,12,24-25H2,1-8H3,(H3,46,48,49,50,54)/t34-,35-,37-,40-,61?/m1/s1. The molecule has 0 aliphatic carbocycles. The molecule has 0 bridgehead atoms. The molecule has 0 radical (unpaired) electrons. The second kappa shape index (κ2) is 19.9. The Labute approximate surface area is 356 Å². The van der Waals surface area contributed by atoms with E-state index in [1.165, 1.54) is 10.9 Å². The monoisotopic (exact) mass is 857 g/mol. The number of nitriles is 1. The van der Waals surface area contributed by atoms with Gasteiger partial charge in [0.05, 0.1) is 46.3 Å². The van der Waals surface area contributed by atoms with E-state index in [9.17, 15) is 10.1 Å². The molecule has 1 aliphatic heterocycles. The number of fused-ring (bicyclic) bond motifs is 1. The number of imidazole rings is 1. The number of nitrogens with two attached hydrogens (primary N) is 1. The van der Waals surface area contributed by atoms with Gasteiger partial charge < -0.3 is 38.6 Å². The summed E-state index contributed by atoms with van der Waals surface area (Å²) in [6.45, 7) is 7.85. The number of rotatable bonds is 18. The lowest BCUT2D eigenvalue weighted by Crippen LogP contribution is -2.41. The zero-order chi connectivity index (χ0) is 43.8. The lowest BCUT2D eigenvalue weighted by atomic mass is 9.80. The second-order valence-corrected chi connectivity index (χ2v) is 16.4. The van der Waals surface area contributed by atoms with Gasteiger partial charge in [-0.3, -0.25) is 14.3 Å². The highest BCUT2D eigenvalue weighted by Gasteiger charge is 2.51. The predicted octanol–water partition coefficient (Wildman–Crippen LogP) is 6.55. The van der Waals surface area contributed by atoms with E-state index in [-0.39, 0.29) is 54.8 Å². The van der Waals surface area contributed by atoms with E-state index in [4.69, 9.17) is 33.7 Å². The molecule has 0 spiro atoms. The summed E-state index contributed by atoms with van der Waals surface area (Å²) in [6.07, 6.45) is -4.22. The number of benzene rings is 3. The third-order valence-electron chi connectivity index (χ3n) is 10.2. The first kappa shape index (κ1) is 45.1. The minimum absolute atomic E-state index is 0.0237. The average molecular weight is 858 g/mol. The molecule has 3 aromatic carbocycles. The maximum absolute atomic E-state index is 17.6. The molecule has 3 N–H and O–H groups in total. The SMILES string of the molecule is COc1ccc(C(OC[C@H]2O[C@@H](n3cnc4c(=O)[nH]c(N=C(N)N(C)C)nc43)[C@H](F)[C@@H]2OP(OCCC#N)N(C(C)C)C(C)C)(c2ccccc2)c2ccc(OC)cc2)cc1. The molecule has 61 heavy (non-hydrogen) atoms. The van der Waals surface area contributed by atoms with E-state index in [0.29, 0.717) is 11.5 Å². The fourth-order valence-corrected chi connectivity index (χ4v) is 8.99. The lowest BCUT2D eigenvalue weighted by Gasteiger charge is -2.39. The van der Waals surface area contributed by atoms with E-state index in [1.54, 1.807) is 33.2 Å². The maximum Gasteiger partial charge on any atom is 0.280 e. The molecule has 6 rings (SSSR count). The number of nitrogens with zero attached hydrogens (tertiary/aromatic N) is 7. The summed E-state index contributed by atoms with van der Waals surface area (Å²) in [4.78, 5) is 30.4. The fourth-order valence-electron chi connectivity index (χ4n) is 7.22. The Morgan fingerprint density at radius 2 is 1.59 bits per heavy atom. The van der Waals surface area contributed by atoms with Gasteiger partial charge in [0.2, 0.25) is 5.95 Å². The smallest absolute Gasteiger partial charge is 0.280 e. The third-order valence-corrected chi connectivity index (χ3v) is 12.3. The molecule has 0 amide bonds. The molecule has 3 heterocycles. The highest BCUT2D eigenvalue weighted by Crippen LogP contribution is 2.51. The largest absolute Gasteiger partial charge is 0.497 e. The van der Waals surface area contributed by atoms with Crippen LogP contribution < -0.4 is 20.8 Å². The highest BCUT2D eigenvalue weighted by molar-refractivity contribution is 7.44. The summed E-state index contributed by atoms with van der Waals surface area (Å²) in [5, 5.41) is 9.39. The van der Waals surface area contributed by atoms with Crippen LogP contribution in [-0.2, 0) is 24.1 Å². The number of aromatic nitrogens is 4. The van der Waals surface area contributed by atoms with E-state index in [1.807, 2.05) is 111 Å². The Morgan fingerprint density at radius 3 is 2.13 bits per heavy atom. The number of hydrogen-bond donors (Lipinski definition) is 2. The van der Waals surface area contributed by atoms with Crippen molar-refractivity contribution >= 4 is 31.6 Å². The summed E-state index contributed by atoms with van der Waals surface area (Å²) in [6, 6.07) is 26.8. The Kier molecular flexibility index (Phi) is 14.7. The van der Waals surface area contributed by atoms with Crippen LogP contribution in [0.4, 0.5) is 10.3 Å². The molecule has 2 aromatic heterocycles. The number of H-pyrrole nitrogens is 1. The summed E-state index contributed by atoms with van der Waals surface area (Å²) >= 11 is 0. The van der Waals surface area contributed by atoms with Gasteiger partial charge in [-0.05, 0) is 68.7 Å². The van der Waals surface area contributed by atoms with Crippen molar-refractivity contribution in [1.29, 1.82) is 5.26 Å². The number of aliphatic imine (C=N–C) groups is 1. The minimum atomic E-state index is -1.95. The number of alkyl halides is 1. The van der Waals surface area contributed by atoms with Gasteiger partial charge in [0.1, 0.15) is 29.3 Å². The average Bonchev–Trinajstić information content (AvgIpc) is 3.81. The normalized spacial score (nSPS) is 18.8. The van der Waals surface area contributed by atoms with Crippen LogP contribution in [0.3, 0.4) is 0 Å². The zero-order valence-electron chi connectivity index (χ0n) is 35.6. The minimum Gasteiger partial charge on any atom is -0.497 e. The van der Waals surface area contributed by atoms with Crippen molar-refractivity contribution in [2.24, 2.45) is 10.7 Å². The van der Waals surface area contributed by atoms with Crippen LogP contribution in [0.25, 0.3) is 11.2 Å². The summed E-state index contributed by atoms with van der Waals surface area (Å²) in [5.41, 5.74) is 6.46. The Bertz CT molecular complexity index is 2280. The number of ether oxygens (including phenoxy) is 4. The molecule has 1 aliphatic rings. The second-order valence-electron chi connectivity index (χ2n) is 15.0. The van der Waals surface area contributed by atoms with E-state index in [0.717, 1.165) is 16.7 Å². The van der Waals surface area contributed by atoms with Crippen molar-refractivity contribution in [3.63, 3.8) is 0 Å². The van der Waals surface area contributed by atoms with Crippen molar-refractivity contribution in [2.75, 3.05) is 41.5 Å². The van der Waals surface area contributed by atoms with Crippen molar-refractivity contribution in [2.45, 2.75) is 76.4 Å². The molecule has 18 heteroatoms. The van der Waals surface area contributed by atoms with Crippen LogP contribution in [-0.4, -0.2) is 107 Å². The van der Waals surface area contributed by atoms with Gasteiger partial charge in [0.15, 0.2) is 29.5 Å². The van der Waals surface area contributed by atoms with Gasteiger partial charge in [-0.1, -0.05) is 54.6 Å². The number of hydrogen-bond acceptors (Lipinski definition) is 12. The molecule has 5 aromatic rings. The van der Waals surface area contributed by atoms with E-state index < -0.39 is 44.3 Å². The van der Waals surface area contributed by atoms with Crippen LogP contribution in [0.1, 0.15) is 57.0 Å². The number of aromatic amines is 1. The molecule has 5 atom stereocenters. The molecular weight excluding hydrogens is 805 g/mol. The molecular formula is C43H53FN9O7P. The fraction of sp³-hybridized carbons (Fsp3) is 0.419. The molecule has 1 unspecified atom stereocenters. The van der Waals surface area contributed by atoms with Crippen molar-refractivity contribution < 1.29 is 32.4 Å².